The first-order valence-electron chi connectivity index (χ1n) is 4.48. The molecule has 6 nitrogen and oxygen atoms in total. The molecule has 0 radical (unpaired) electrons. The van der Waals surface area contributed by atoms with Crippen molar-refractivity contribution in [1.29, 1.82) is 0 Å². The quantitative estimate of drug-likeness (QED) is 0.718. The molecule has 1 rings (SSSR count). The molecule has 0 saturated carbocycles. The van der Waals surface area contributed by atoms with Crippen LogP contribution in [-0.2, 0) is 0 Å². The third-order valence-corrected chi connectivity index (χ3v) is 1.92. The zero-order chi connectivity index (χ0) is 12.1. The second-order valence-electron chi connectivity index (χ2n) is 2.92. The molecule has 0 aliphatic heterocycles. The number of urea groups is 1. The zero-order valence-corrected chi connectivity index (χ0v) is 8.90. The molecular weight excluding hydrogens is 212 g/mol. The summed E-state index contributed by atoms with van der Waals surface area (Å²) in [4.78, 5) is 21.8. The summed E-state index contributed by atoms with van der Waals surface area (Å²) in [5.41, 5.74) is 0.506. The Bertz CT molecular complexity index is 417. The highest BCUT2D eigenvalue weighted by molar-refractivity contribution is 5.94. The first-order chi connectivity index (χ1) is 7.58. The predicted molar refractivity (Wildman–Crippen MR) is 58.0 cm³/mol. The number of carboxylic acid groups (broad SMARTS) is 1. The van der Waals surface area contributed by atoms with Crippen LogP contribution < -0.4 is 15.4 Å². The van der Waals surface area contributed by atoms with Crippen molar-refractivity contribution in [3.05, 3.63) is 23.8 Å². The second kappa shape index (κ2) is 5.01. The van der Waals surface area contributed by atoms with Gasteiger partial charge in [-0.3, -0.25) is 0 Å². The molecular formula is C10H12N2O4. The van der Waals surface area contributed by atoms with Gasteiger partial charge >= 0.3 is 12.0 Å². The molecule has 0 heterocycles. The van der Waals surface area contributed by atoms with Gasteiger partial charge in [0, 0.05) is 18.8 Å². The van der Waals surface area contributed by atoms with Gasteiger partial charge in [0.2, 0.25) is 0 Å². The molecule has 6 heteroatoms. The van der Waals surface area contributed by atoms with Crippen LogP contribution in [-0.4, -0.2) is 31.3 Å². The fourth-order valence-electron chi connectivity index (χ4n) is 1.14. The highest BCUT2D eigenvalue weighted by Crippen LogP contribution is 2.22. The average Bonchev–Trinajstić information content (AvgIpc) is 2.28. The highest BCUT2D eigenvalue weighted by atomic mass is 16.5. The Balaban J connectivity index is 2.99. The largest absolute Gasteiger partial charge is 0.496 e. The number of aromatic carboxylic acids is 1. The smallest absolute Gasteiger partial charge is 0.339 e. The van der Waals surface area contributed by atoms with E-state index in [1.54, 1.807) is 0 Å². The normalized spacial score (nSPS) is 9.38. The van der Waals surface area contributed by atoms with Gasteiger partial charge in [0.25, 0.3) is 0 Å². The van der Waals surface area contributed by atoms with Crippen LogP contribution in [0.3, 0.4) is 0 Å². The van der Waals surface area contributed by atoms with E-state index < -0.39 is 5.97 Å². The Hall–Kier alpha value is -2.24. The maximum absolute atomic E-state index is 11.0. The Kier molecular flexibility index (Phi) is 3.71. The summed E-state index contributed by atoms with van der Waals surface area (Å²) in [6.07, 6.45) is 0. The van der Waals surface area contributed by atoms with Crippen LogP contribution >= 0.6 is 0 Å². The van der Waals surface area contributed by atoms with Gasteiger partial charge in [0.05, 0.1) is 7.11 Å². The molecule has 3 N–H and O–H groups in total. The minimum absolute atomic E-state index is 0.0463. The fourth-order valence-corrected chi connectivity index (χ4v) is 1.14. The maximum Gasteiger partial charge on any atom is 0.339 e. The van der Waals surface area contributed by atoms with Crippen molar-refractivity contribution >= 4 is 17.7 Å². The summed E-state index contributed by atoms with van der Waals surface area (Å²) in [5.74, 6) is -0.884. The van der Waals surface area contributed by atoms with Crippen LogP contribution in [0.2, 0.25) is 0 Å². The van der Waals surface area contributed by atoms with Crippen LogP contribution in [0.1, 0.15) is 10.4 Å². The minimum Gasteiger partial charge on any atom is -0.496 e. The highest BCUT2D eigenvalue weighted by Gasteiger charge is 2.11. The molecule has 1 aromatic carbocycles. The molecule has 0 unspecified atom stereocenters. The maximum atomic E-state index is 11.0. The number of hydrogen-bond acceptors (Lipinski definition) is 3. The molecule has 0 atom stereocenters. The number of carbonyl (C=O) groups is 2. The van der Waals surface area contributed by atoms with Crippen molar-refractivity contribution in [2.75, 3.05) is 19.5 Å². The molecule has 0 saturated heterocycles. The van der Waals surface area contributed by atoms with Crippen molar-refractivity contribution in [3.63, 3.8) is 0 Å². The van der Waals surface area contributed by atoms with E-state index in [0.717, 1.165) is 0 Å². The monoisotopic (exact) mass is 224 g/mol. The lowest BCUT2D eigenvalue weighted by molar-refractivity contribution is 0.0693. The number of methoxy groups -OCH3 is 1. The predicted octanol–water partition coefficient (Wildman–Crippen LogP) is 1.14. The van der Waals surface area contributed by atoms with Gasteiger partial charge in [-0.05, 0) is 12.1 Å². The Labute approximate surface area is 92.2 Å². The van der Waals surface area contributed by atoms with Crippen LogP contribution in [0.4, 0.5) is 10.5 Å². The van der Waals surface area contributed by atoms with Gasteiger partial charge in [-0.25, -0.2) is 9.59 Å². The molecule has 0 aromatic heterocycles. The van der Waals surface area contributed by atoms with Crippen molar-refractivity contribution in [3.8, 4) is 5.75 Å². The molecule has 16 heavy (non-hydrogen) atoms. The molecule has 0 aliphatic carbocycles. The van der Waals surface area contributed by atoms with Gasteiger partial charge in [0.15, 0.2) is 0 Å². The van der Waals surface area contributed by atoms with Gasteiger partial charge < -0.3 is 20.5 Å². The van der Waals surface area contributed by atoms with Gasteiger partial charge in [0.1, 0.15) is 11.3 Å². The van der Waals surface area contributed by atoms with E-state index in [1.165, 1.54) is 32.4 Å². The van der Waals surface area contributed by atoms with Crippen molar-refractivity contribution in [1.82, 2.24) is 5.32 Å². The van der Waals surface area contributed by atoms with E-state index in [0.29, 0.717) is 5.69 Å². The number of rotatable bonds is 3. The van der Waals surface area contributed by atoms with Crippen LogP contribution in [0.5, 0.6) is 5.75 Å². The number of amides is 2. The molecule has 2 amide bonds. The summed E-state index contributed by atoms with van der Waals surface area (Å²) >= 11 is 0. The second-order valence-corrected chi connectivity index (χ2v) is 2.92. The minimum atomic E-state index is -1.08. The molecule has 0 aliphatic rings. The SMILES string of the molecule is CNC(=O)Nc1ccc(C(=O)O)c(OC)c1. The van der Waals surface area contributed by atoms with E-state index in [9.17, 15) is 9.59 Å². The number of nitrogens with one attached hydrogen (secondary N) is 2. The van der Waals surface area contributed by atoms with E-state index >= 15 is 0 Å². The first kappa shape index (κ1) is 11.8. The molecule has 86 valence electrons. The molecule has 1 aromatic rings. The van der Waals surface area contributed by atoms with Crippen LogP contribution in [0.25, 0.3) is 0 Å². The standard InChI is InChI=1S/C10H12N2O4/c1-11-10(15)12-6-3-4-7(9(13)14)8(5-6)16-2/h3-5H,1-2H3,(H,13,14)(H2,11,12,15). The van der Waals surface area contributed by atoms with Gasteiger partial charge in [-0.15, -0.1) is 0 Å². The summed E-state index contributed by atoms with van der Waals surface area (Å²) in [6.45, 7) is 0. The Morgan fingerprint density at radius 3 is 2.56 bits per heavy atom. The summed E-state index contributed by atoms with van der Waals surface area (Å²) in [7, 11) is 2.85. The molecule has 0 fully saturated rings. The number of benzene rings is 1. The van der Waals surface area contributed by atoms with Crippen LogP contribution in [0, 0.1) is 0 Å². The fraction of sp³-hybridized carbons (Fsp3) is 0.200. The lowest BCUT2D eigenvalue weighted by Gasteiger charge is -2.08. The van der Waals surface area contributed by atoms with E-state index in [2.05, 4.69) is 10.6 Å². The average molecular weight is 224 g/mol. The van der Waals surface area contributed by atoms with Crippen molar-refractivity contribution < 1.29 is 19.4 Å². The number of carboxylic acids is 1. The van der Waals surface area contributed by atoms with Crippen molar-refractivity contribution in [2.24, 2.45) is 0 Å². The summed E-state index contributed by atoms with van der Waals surface area (Å²) in [5, 5.41) is 13.7. The van der Waals surface area contributed by atoms with E-state index in [-0.39, 0.29) is 17.3 Å². The topological polar surface area (TPSA) is 87.7 Å². The van der Waals surface area contributed by atoms with Crippen molar-refractivity contribution in [2.45, 2.75) is 0 Å². The van der Waals surface area contributed by atoms with Crippen LogP contribution in [0.15, 0.2) is 18.2 Å². The van der Waals surface area contributed by atoms with Gasteiger partial charge in [-0.2, -0.15) is 0 Å². The lowest BCUT2D eigenvalue weighted by Crippen LogP contribution is -2.24. The third kappa shape index (κ3) is 2.63. The number of hydrogen-bond donors (Lipinski definition) is 3. The molecule has 0 spiro atoms. The number of carbonyl (C=O) groups excluding carboxylic acids is 1. The molecule has 0 bridgehead atoms. The zero-order valence-electron chi connectivity index (χ0n) is 8.90. The summed E-state index contributed by atoms with van der Waals surface area (Å²) in [6, 6.07) is 3.91. The number of anilines is 1. The third-order valence-electron chi connectivity index (χ3n) is 1.92. The summed E-state index contributed by atoms with van der Waals surface area (Å²) < 4.78 is 4.91. The number of ether oxygens (including phenoxy) is 1. The first-order valence-corrected chi connectivity index (χ1v) is 4.48. The Morgan fingerprint density at radius 1 is 1.38 bits per heavy atom. The Morgan fingerprint density at radius 2 is 2.06 bits per heavy atom. The van der Waals surface area contributed by atoms with E-state index in [1.807, 2.05) is 0 Å². The lowest BCUT2D eigenvalue weighted by atomic mass is 10.2. The van der Waals surface area contributed by atoms with Gasteiger partial charge in [-0.1, -0.05) is 0 Å². The van der Waals surface area contributed by atoms with E-state index in [4.69, 9.17) is 9.84 Å².